The molecule has 0 aliphatic carbocycles. The highest BCUT2D eigenvalue weighted by molar-refractivity contribution is 5.82. The number of rotatable bonds is 9. The van der Waals surface area contributed by atoms with E-state index in [2.05, 4.69) is 5.32 Å². The fraction of sp³-hybridized carbons (Fsp3) is 0.556. The summed E-state index contributed by atoms with van der Waals surface area (Å²) in [5.74, 6) is -3.59. The number of carbonyl (C=O) groups excluding carboxylic acids is 2. The molecule has 150 valence electrons. The molecule has 2 rings (SSSR count). The molecule has 1 fully saturated rings. The number of nitrogens with zero attached hydrogens (tertiary/aromatic N) is 1. The van der Waals surface area contributed by atoms with Gasteiger partial charge in [-0.3, -0.25) is 9.59 Å². The van der Waals surface area contributed by atoms with Crippen molar-refractivity contribution in [1.29, 1.82) is 0 Å². The Kier molecular flexibility index (Phi) is 7.46. The molecular formula is C18H24F3N3O3. The number of hydrogen-bond donors (Lipinski definition) is 2. The summed E-state index contributed by atoms with van der Waals surface area (Å²) in [7, 11) is 0. The van der Waals surface area contributed by atoms with Crippen LogP contribution in [0.2, 0.25) is 0 Å². The molecule has 2 amide bonds. The second kappa shape index (κ2) is 9.59. The maximum absolute atomic E-state index is 13.1. The maximum atomic E-state index is 13.1. The standard InChI is InChI=1S/C18H24F3N3O3/c19-13-4-6-14(7-5-13)27-11-16(25)23-9-2-1-3-15(22)17(26)24-10-8-18(20,21)12-24/h4-7,15H,1-3,8-12,22H2,(H,23,25)/t15-/m0/s1. The number of amides is 2. The molecule has 1 aliphatic heterocycles. The van der Waals surface area contributed by atoms with Crippen molar-refractivity contribution in [3.8, 4) is 5.75 Å². The zero-order chi connectivity index (χ0) is 19.9. The fourth-order valence-corrected chi connectivity index (χ4v) is 2.73. The molecule has 1 heterocycles. The minimum atomic E-state index is -2.82. The summed E-state index contributed by atoms with van der Waals surface area (Å²) >= 11 is 0. The van der Waals surface area contributed by atoms with Crippen LogP contribution >= 0.6 is 0 Å². The van der Waals surface area contributed by atoms with Gasteiger partial charge in [0.1, 0.15) is 11.6 Å². The van der Waals surface area contributed by atoms with Crippen molar-refractivity contribution in [2.24, 2.45) is 5.73 Å². The number of halogens is 3. The van der Waals surface area contributed by atoms with E-state index in [-0.39, 0.29) is 31.3 Å². The molecule has 0 unspecified atom stereocenters. The summed E-state index contributed by atoms with van der Waals surface area (Å²) in [6.07, 6.45) is 1.22. The molecule has 6 nitrogen and oxygen atoms in total. The molecule has 9 heteroatoms. The van der Waals surface area contributed by atoms with E-state index in [0.29, 0.717) is 31.6 Å². The summed E-state index contributed by atoms with van der Waals surface area (Å²) in [4.78, 5) is 24.8. The number of carbonyl (C=O) groups is 2. The zero-order valence-corrected chi connectivity index (χ0v) is 14.9. The van der Waals surface area contributed by atoms with Gasteiger partial charge in [-0.15, -0.1) is 0 Å². The SMILES string of the molecule is N[C@@H](CCCCNC(=O)COc1ccc(F)cc1)C(=O)N1CCC(F)(F)C1. The lowest BCUT2D eigenvalue weighted by molar-refractivity contribution is -0.133. The minimum absolute atomic E-state index is 0.0314. The predicted molar refractivity (Wildman–Crippen MR) is 92.9 cm³/mol. The van der Waals surface area contributed by atoms with E-state index in [4.69, 9.17) is 10.5 Å². The molecule has 1 atom stereocenters. The van der Waals surface area contributed by atoms with Gasteiger partial charge in [0, 0.05) is 19.5 Å². The average molecular weight is 387 g/mol. The van der Waals surface area contributed by atoms with Gasteiger partial charge >= 0.3 is 0 Å². The molecule has 1 aliphatic rings. The van der Waals surface area contributed by atoms with Gasteiger partial charge in [-0.2, -0.15) is 0 Å². The van der Waals surface area contributed by atoms with Crippen molar-refractivity contribution in [1.82, 2.24) is 10.2 Å². The van der Waals surface area contributed by atoms with Crippen LogP contribution in [0.25, 0.3) is 0 Å². The van der Waals surface area contributed by atoms with Crippen molar-refractivity contribution in [2.45, 2.75) is 37.6 Å². The molecule has 0 radical (unpaired) electrons. The number of benzene rings is 1. The van der Waals surface area contributed by atoms with Gasteiger partial charge in [-0.05, 0) is 43.5 Å². The Bertz CT molecular complexity index is 640. The predicted octanol–water partition coefficient (Wildman–Crippen LogP) is 1.69. The van der Waals surface area contributed by atoms with E-state index < -0.39 is 24.4 Å². The van der Waals surface area contributed by atoms with Gasteiger partial charge in [0.25, 0.3) is 11.8 Å². The minimum Gasteiger partial charge on any atom is -0.484 e. The van der Waals surface area contributed by atoms with E-state index in [1.165, 1.54) is 24.3 Å². The zero-order valence-electron chi connectivity index (χ0n) is 14.9. The summed E-state index contributed by atoms with van der Waals surface area (Å²) in [5.41, 5.74) is 5.78. The monoisotopic (exact) mass is 387 g/mol. The van der Waals surface area contributed by atoms with E-state index in [1.807, 2.05) is 0 Å². The number of unbranched alkanes of at least 4 members (excludes halogenated alkanes) is 1. The van der Waals surface area contributed by atoms with Gasteiger partial charge in [0.05, 0.1) is 12.6 Å². The summed E-state index contributed by atoms with van der Waals surface area (Å²) in [6, 6.07) is 4.52. The molecule has 0 aromatic heterocycles. The first-order valence-corrected chi connectivity index (χ1v) is 8.84. The Balaban J connectivity index is 1.55. The molecule has 27 heavy (non-hydrogen) atoms. The van der Waals surface area contributed by atoms with Crippen LogP contribution in [0.5, 0.6) is 5.75 Å². The molecule has 0 spiro atoms. The largest absolute Gasteiger partial charge is 0.484 e. The number of ether oxygens (including phenoxy) is 1. The van der Waals surface area contributed by atoms with Crippen LogP contribution in [0.15, 0.2) is 24.3 Å². The van der Waals surface area contributed by atoms with Gasteiger partial charge in [0.2, 0.25) is 5.91 Å². The lowest BCUT2D eigenvalue weighted by Gasteiger charge is -2.20. The molecule has 1 aromatic rings. The third-order valence-electron chi connectivity index (χ3n) is 4.25. The highest BCUT2D eigenvalue weighted by Crippen LogP contribution is 2.27. The first-order valence-electron chi connectivity index (χ1n) is 8.84. The van der Waals surface area contributed by atoms with Crippen LogP contribution < -0.4 is 15.8 Å². The number of alkyl halides is 2. The van der Waals surface area contributed by atoms with Gasteiger partial charge in [-0.1, -0.05) is 0 Å². The molecule has 0 saturated carbocycles. The highest BCUT2D eigenvalue weighted by Gasteiger charge is 2.41. The van der Waals surface area contributed by atoms with Crippen LogP contribution in [0.1, 0.15) is 25.7 Å². The molecule has 3 N–H and O–H groups in total. The van der Waals surface area contributed by atoms with Crippen molar-refractivity contribution in [3.05, 3.63) is 30.1 Å². The topological polar surface area (TPSA) is 84.7 Å². The lowest BCUT2D eigenvalue weighted by atomic mass is 10.1. The van der Waals surface area contributed by atoms with Gasteiger partial charge in [-0.25, -0.2) is 13.2 Å². The van der Waals surface area contributed by atoms with E-state index in [0.717, 1.165) is 4.90 Å². The Morgan fingerprint density at radius 1 is 1.26 bits per heavy atom. The van der Waals surface area contributed by atoms with Crippen LogP contribution in [-0.4, -0.2) is 54.9 Å². The highest BCUT2D eigenvalue weighted by atomic mass is 19.3. The quantitative estimate of drug-likeness (QED) is 0.632. The first kappa shape index (κ1) is 21.0. The van der Waals surface area contributed by atoms with Crippen molar-refractivity contribution >= 4 is 11.8 Å². The van der Waals surface area contributed by atoms with Gasteiger partial charge in [0.15, 0.2) is 6.61 Å². The summed E-state index contributed by atoms with van der Waals surface area (Å²) in [5, 5.41) is 2.66. The van der Waals surface area contributed by atoms with Crippen LogP contribution in [0, 0.1) is 5.82 Å². The number of nitrogens with two attached hydrogens (primary N) is 1. The third kappa shape index (κ3) is 7.09. The number of hydrogen-bond acceptors (Lipinski definition) is 4. The Hall–Kier alpha value is -2.29. The third-order valence-corrected chi connectivity index (χ3v) is 4.25. The summed E-state index contributed by atoms with van der Waals surface area (Å²) < 4.78 is 44.2. The fourth-order valence-electron chi connectivity index (χ4n) is 2.73. The van der Waals surface area contributed by atoms with Crippen LogP contribution in [-0.2, 0) is 9.59 Å². The number of likely N-dealkylation sites (tertiary alicyclic amines) is 1. The maximum Gasteiger partial charge on any atom is 0.267 e. The molecule has 1 aromatic carbocycles. The molecule has 0 bridgehead atoms. The normalized spacial score (nSPS) is 16.8. The molecule has 1 saturated heterocycles. The van der Waals surface area contributed by atoms with E-state index in [1.54, 1.807) is 0 Å². The first-order chi connectivity index (χ1) is 12.8. The Morgan fingerprint density at radius 3 is 2.59 bits per heavy atom. The van der Waals surface area contributed by atoms with Crippen LogP contribution in [0.4, 0.5) is 13.2 Å². The van der Waals surface area contributed by atoms with E-state index >= 15 is 0 Å². The average Bonchev–Trinajstić information content (AvgIpc) is 3.00. The number of nitrogens with one attached hydrogen (secondary N) is 1. The van der Waals surface area contributed by atoms with Crippen molar-refractivity contribution in [3.63, 3.8) is 0 Å². The lowest BCUT2D eigenvalue weighted by Crippen LogP contribution is -2.43. The van der Waals surface area contributed by atoms with Gasteiger partial charge < -0.3 is 20.7 Å². The van der Waals surface area contributed by atoms with Crippen molar-refractivity contribution in [2.75, 3.05) is 26.2 Å². The Labute approximate surface area is 155 Å². The van der Waals surface area contributed by atoms with Crippen molar-refractivity contribution < 1.29 is 27.5 Å². The summed E-state index contributed by atoms with van der Waals surface area (Å²) in [6.45, 7) is -0.339. The van der Waals surface area contributed by atoms with E-state index in [9.17, 15) is 22.8 Å². The smallest absolute Gasteiger partial charge is 0.267 e. The Morgan fingerprint density at radius 2 is 1.96 bits per heavy atom. The second-order valence-electron chi connectivity index (χ2n) is 6.56. The van der Waals surface area contributed by atoms with Crippen LogP contribution in [0.3, 0.4) is 0 Å². The second-order valence-corrected chi connectivity index (χ2v) is 6.56. The molecular weight excluding hydrogens is 363 g/mol.